The third-order valence-corrected chi connectivity index (χ3v) is 12.9. The van der Waals surface area contributed by atoms with Crippen molar-refractivity contribution in [2.24, 2.45) is 3.60 Å². The molecule has 510 valence electrons. The molecule has 0 aliphatic rings. The van der Waals surface area contributed by atoms with Crippen molar-refractivity contribution < 1.29 is 348 Å². The normalized spacial score (nSPS) is 8.56. The minimum absolute atomic E-state index is 0. The van der Waals surface area contributed by atoms with Crippen LogP contribution in [0.5, 0.6) is 0 Å². The first-order valence-corrected chi connectivity index (χ1v) is 40.4. The predicted octanol–water partition coefficient (Wildman–Crippen LogP) is 3.21. The summed E-state index contributed by atoms with van der Waals surface area (Å²) in [6.07, 6.45) is 25.5. The maximum atomic E-state index is 11.1. The van der Waals surface area contributed by atoms with Crippen LogP contribution in [0.15, 0.2) is 288 Å². The monoisotopic (exact) mass is 4230 g/mol. The van der Waals surface area contributed by atoms with Crippen molar-refractivity contribution in [3.63, 3.8) is 0 Å². The van der Waals surface area contributed by atoms with Crippen LogP contribution >= 0.6 is 0 Å². The number of carbonyl (C=O) groups is 1. The van der Waals surface area contributed by atoms with E-state index in [4.69, 9.17) is 0 Å². The molecule has 0 aliphatic heterocycles. The fraction of sp³-hybridized carbons (Fsp3) is 0. The number of fused-ring (bicyclic) bond motifs is 7. The predicted molar refractivity (Wildman–Crippen MR) is 308 cm³/mol. The van der Waals surface area contributed by atoms with E-state index < -0.39 is 0 Å². The van der Waals surface area contributed by atoms with E-state index >= 15 is 0 Å². The summed E-state index contributed by atoms with van der Waals surface area (Å²) < 4.78 is 18.3. The Labute approximate surface area is 792 Å². The molecule has 0 N–H and O–H groups in total. The Morgan fingerprint density at radius 3 is 1.38 bits per heavy atom. The molecule has 14 aromatic rings. The SMILES string of the molecule is O=C([CH]=[W])N([C-]=[W])[N]=[W].O=c1cccc2ccncn12.O=c1cccc2cnccn12.O=c1cccc2ncccn12.O=c1ccnc2ccccn12.O=c1ccnc2cccnn12.O=c1cncc2ccccn12.O=c1nccc2ccccn12.[W].[W].[W].[W].[W].[W].[W].[W].[W].[W].[W].[W].[W]=[W]. The van der Waals surface area contributed by atoms with E-state index in [1.165, 1.54) is 88.6 Å². The molecule has 0 aromatic carbocycles. The molecular formula is C58H42N17O8W17-. The molecule has 0 bridgehead atoms. The van der Waals surface area contributed by atoms with Gasteiger partial charge in [-0.2, -0.15) is 9.61 Å². The first kappa shape index (κ1) is 112. The molecule has 1 amide bonds. The van der Waals surface area contributed by atoms with Crippen molar-refractivity contribution in [2.75, 3.05) is 0 Å². The Morgan fingerprint density at radius 2 is 0.820 bits per heavy atom. The molecule has 0 radical (unpaired) electrons. The second kappa shape index (κ2) is 64.2. The number of hydrogen-bond acceptors (Lipinski definition) is 17. The van der Waals surface area contributed by atoms with Gasteiger partial charge in [0.25, 0.3) is 33.4 Å². The van der Waals surface area contributed by atoms with Gasteiger partial charge < -0.3 is 0 Å². The van der Waals surface area contributed by atoms with Gasteiger partial charge >= 0.3 is 125 Å². The van der Waals surface area contributed by atoms with Crippen molar-refractivity contribution in [1.82, 2.24) is 75.9 Å². The summed E-state index contributed by atoms with van der Waals surface area (Å²) >= 11 is 6.60. The molecular weight excluding hydrogens is 4190 g/mol. The molecule has 14 rings (SSSR count). The van der Waals surface area contributed by atoms with Crippen LogP contribution < -0.4 is 39.0 Å². The summed E-state index contributed by atoms with van der Waals surface area (Å²) in [5, 5.41) is 5.07. The minimum atomic E-state index is -0.233. The van der Waals surface area contributed by atoms with Crippen LogP contribution in [0.4, 0.5) is 0 Å². The van der Waals surface area contributed by atoms with Gasteiger partial charge in [0.05, 0.1) is 40.7 Å². The Balaban J connectivity index is -0.000000194. The van der Waals surface area contributed by atoms with E-state index in [0.717, 1.165) is 80.4 Å². The van der Waals surface area contributed by atoms with Crippen LogP contribution in [0.2, 0.25) is 0 Å². The topological polar surface area (TPSA) is 286 Å². The second-order valence-corrected chi connectivity index (χ2v) is 18.5. The molecule has 42 heteroatoms. The molecule has 100 heavy (non-hydrogen) atoms. The van der Waals surface area contributed by atoms with Gasteiger partial charge in [-0.1, -0.05) is 36.4 Å². The Kier molecular flexibility index (Phi) is 72.2. The Bertz CT molecular complexity index is 4260. The second-order valence-electron chi connectivity index (χ2n) is 16.4. The van der Waals surface area contributed by atoms with E-state index in [1.807, 2.05) is 48.5 Å². The van der Waals surface area contributed by atoms with Gasteiger partial charge in [0.2, 0.25) is 0 Å². The van der Waals surface area contributed by atoms with Gasteiger partial charge in [0, 0.05) is 357 Å². The van der Waals surface area contributed by atoms with Crippen molar-refractivity contribution >= 4 is 53.8 Å². The molecule has 14 heterocycles. The van der Waals surface area contributed by atoms with Gasteiger partial charge in [-0.3, -0.25) is 65.1 Å². The van der Waals surface area contributed by atoms with Crippen molar-refractivity contribution in [2.45, 2.75) is 0 Å². The first-order valence-electron chi connectivity index (χ1n) is 24.9. The quantitative estimate of drug-likeness (QED) is 0.139. The average Bonchev–Trinajstić information content (AvgIpc) is 0.911. The summed E-state index contributed by atoms with van der Waals surface area (Å²) in [5.41, 5.74) is 4.66. The molecule has 14 aromatic heterocycles. The van der Waals surface area contributed by atoms with Crippen LogP contribution in [0.1, 0.15) is 0 Å². The van der Waals surface area contributed by atoms with Gasteiger partial charge in [-0.25, -0.2) is 29.7 Å². The number of amides is 1. The summed E-state index contributed by atoms with van der Waals surface area (Å²) in [7, 11) is 0. The van der Waals surface area contributed by atoms with Gasteiger partial charge in [-0.15, -0.1) is 0 Å². The van der Waals surface area contributed by atoms with Crippen molar-refractivity contribution in [1.29, 1.82) is 0 Å². The standard InChI is InChI=1S/6C8H6N2O.C7H5N3O.C3HN2O.17W/c11-8-4-1-3-7-9-5-2-6-10(7)8;11-8-3-1-2-7-6-9-4-5-10(7)8;11-8-3-1-2-7-4-5-9-6-10(7)8;11-8-4-5-9-7-3-1-2-6-10(7)8;11-8-9-5-4-7-3-1-2-6-10(7)8;11-8-6-9-5-7-3-1-2-4-10(7)8;11-7-3-5-8-6-2-1-4-9-10(6)7;1-3(6)5(2)4;;;;;;;;;;;;;;;;;/h6*1-6H;1-5H;1H;;;;;;;;;;;;;;;;;/q;;;;;;;-1;;;;;;;;;;;;;;;;;. The first-order chi connectivity index (χ1) is 42.9. The zero-order valence-corrected chi connectivity index (χ0v) is 99.9. The van der Waals surface area contributed by atoms with Gasteiger partial charge in [0.1, 0.15) is 17.6 Å². The fourth-order valence-electron chi connectivity index (χ4n) is 7.02. The fourth-order valence-corrected chi connectivity index (χ4v) is 9.09. The molecule has 0 unspecified atom stereocenters. The average molecular weight is 4230 g/mol. The number of hydrogen-bond donors (Lipinski definition) is 0. The van der Waals surface area contributed by atoms with E-state index in [1.54, 1.807) is 187 Å². The van der Waals surface area contributed by atoms with Gasteiger partial charge in [-0.05, 0) is 84.9 Å². The molecule has 0 atom stereocenters. The number of pyridine rings is 6. The zero-order chi connectivity index (χ0) is 63.0. The summed E-state index contributed by atoms with van der Waals surface area (Å²) in [6.45, 7) is 0. The Morgan fingerprint density at radius 1 is 0.380 bits per heavy atom. The molecule has 0 saturated heterocycles. The van der Waals surface area contributed by atoms with E-state index in [2.05, 4.69) is 48.1 Å². The summed E-state index contributed by atoms with van der Waals surface area (Å²) in [5.74, 6) is -0.0741. The van der Waals surface area contributed by atoms with Crippen LogP contribution in [-0.2, 0) is 348 Å². The molecule has 0 aliphatic carbocycles. The molecule has 0 saturated carbocycles. The third-order valence-electron chi connectivity index (χ3n) is 11.0. The van der Waals surface area contributed by atoms with Crippen LogP contribution in [0, 0.1) is 0 Å². The van der Waals surface area contributed by atoms with E-state index in [-0.39, 0.29) is 298 Å². The number of rotatable bonds is 3. The number of nitrogens with zero attached hydrogens (tertiary/aromatic N) is 17. The van der Waals surface area contributed by atoms with Crippen LogP contribution in [-0.4, -0.2) is 90.7 Å². The number of carbonyl (C=O) groups excluding carboxylic acids is 1. The summed E-state index contributed by atoms with van der Waals surface area (Å²) in [4.78, 5) is 115. The maximum absolute atomic E-state index is 11.1. The molecule has 25 nitrogen and oxygen atoms in total. The van der Waals surface area contributed by atoms with Crippen LogP contribution in [0.3, 0.4) is 0 Å². The molecule has 0 spiro atoms. The van der Waals surface area contributed by atoms with Gasteiger partial charge in [0.15, 0.2) is 5.65 Å². The number of aromatic nitrogens is 15. The van der Waals surface area contributed by atoms with Crippen molar-refractivity contribution in [3.05, 3.63) is 324 Å². The van der Waals surface area contributed by atoms with E-state index in [0.29, 0.717) is 16.9 Å². The van der Waals surface area contributed by atoms with E-state index in [9.17, 15) is 38.4 Å². The molecule has 0 fully saturated rings. The Hall–Kier alpha value is -0.839. The van der Waals surface area contributed by atoms with Crippen LogP contribution in [0.25, 0.3) is 39.0 Å². The zero-order valence-electron chi connectivity index (χ0n) is 50.1. The van der Waals surface area contributed by atoms with Crippen molar-refractivity contribution in [3.8, 4) is 0 Å². The third kappa shape index (κ3) is 36.8. The summed E-state index contributed by atoms with van der Waals surface area (Å²) in [6, 6.07) is 43.3.